The fourth-order valence-electron chi connectivity index (χ4n) is 3.34. The van der Waals surface area contributed by atoms with Crippen LogP contribution in [0.2, 0.25) is 0 Å². The van der Waals surface area contributed by atoms with Crippen molar-refractivity contribution in [2.45, 2.75) is 20.3 Å². The van der Waals surface area contributed by atoms with Crippen molar-refractivity contribution in [3.8, 4) is 5.69 Å². The average Bonchev–Trinajstić information content (AvgIpc) is 3.04. The van der Waals surface area contributed by atoms with Crippen molar-refractivity contribution in [2.75, 3.05) is 39.8 Å². The van der Waals surface area contributed by atoms with Crippen LogP contribution in [0.25, 0.3) is 5.69 Å². The van der Waals surface area contributed by atoms with Gasteiger partial charge < -0.3 is 9.64 Å². The molecule has 27 heavy (non-hydrogen) atoms. The van der Waals surface area contributed by atoms with Crippen molar-refractivity contribution in [3.05, 3.63) is 47.3 Å². The molecule has 1 saturated heterocycles. The zero-order valence-corrected chi connectivity index (χ0v) is 16.1. The molecule has 0 bridgehead atoms. The molecule has 0 aliphatic carbocycles. The molecule has 1 amide bonds. The van der Waals surface area contributed by atoms with E-state index in [9.17, 15) is 9.59 Å². The molecule has 0 saturated carbocycles. The van der Waals surface area contributed by atoms with Gasteiger partial charge in [0.05, 0.1) is 24.9 Å². The second-order valence-corrected chi connectivity index (χ2v) is 6.85. The summed E-state index contributed by atoms with van der Waals surface area (Å²) in [7, 11) is 1.40. The highest BCUT2D eigenvalue weighted by molar-refractivity contribution is 5.94. The van der Waals surface area contributed by atoms with Gasteiger partial charge in [0.25, 0.3) is 5.91 Å². The fraction of sp³-hybridized carbons (Fsp3) is 0.450. The molecule has 3 rings (SSSR count). The summed E-state index contributed by atoms with van der Waals surface area (Å²) >= 11 is 0. The van der Waals surface area contributed by atoms with E-state index < -0.39 is 0 Å². The first-order chi connectivity index (χ1) is 13.0. The van der Waals surface area contributed by atoms with Crippen molar-refractivity contribution in [2.24, 2.45) is 0 Å². The summed E-state index contributed by atoms with van der Waals surface area (Å²) in [6, 6.07) is 9.60. The molecule has 0 radical (unpaired) electrons. The Kier molecular flexibility index (Phi) is 5.91. The van der Waals surface area contributed by atoms with Gasteiger partial charge in [-0.2, -0.15) is 5.10 Å². The van der Waals surface area contributed by atoms with Crippen LogP contribution in [0.5, 0.6) is 0 Å². The van der Waals surface area contributed by atoms with E-state index in [1.165, 1.54) is 7.11 Å². The molecule has 1 aliphatic heterocycles. The molecule has 0 atom stereocenters. The second-order valence-electron chi connectivity index (χ2n) is 6.85. The third-order valence-corrected chi connectivity index (χ3v) is 4.89. The number of piperazine rings is 1. The maximum Gasteiger partial charge on any atom is 0.306 e. The van der Waals surface area contributed by atoms with Crippen LogP contribution in [-0.4, -0.2) is 71.3 Å². The SMILES string of the molecule is COC(=O)CCN1CCN(C(=O)c2ccc(-n3nc(C)cc3C)cc2)CC1. The number of rotatable bonds is 5. The third-order valence-electron chi connectivity index (χ3n) is 4.89. The number of aromatic nitrogens is 2. The Morgan fingerprint density at radius 3 is 2.30 bits per heavy atom. The second kappa shape index (κ2) is 8.35. The summed E-state index contributed by atoms with van der Waals surface area (Å²) < 4.78 is 6.55. The number of ether oxygens (including phenoxy) is 1. The molecule has 1 aliphatic rings. The topological polar surface area (TPSA) is 67.7 Å². The molecular weight excluding hydrogens is 344 g/mol. The van der Waals surface area contributed by atoms with E-state index in [0.717, 1.165) is 30.2 Å². The first kappa shape index (κ1) is 19.1. The Morgan fingerprint density at radius 1 is 1.07 bits per heavy atom. The van der Waals surface area contributed by atoms with Crippen LogP contribution >= 0.6 is 0 Å². The van der Waals surface area contributed by atoms with E-state index in [0.29, 0.717) is 31.6 Å². The number of carbonyl (C=O) groups excluding carboxylic acids is 2. The van der Waals surface area contributed by atoms with Crippen LogP contribution in [0.1, 0.15) is 28.2 Å². The fourth-order valence-corrected chi connectivity index (χ4v) is 3.34. The van der Waals surface area contributed by atoms with Crippen LogP contribution in [0.15, 0.2) is 30.3 Å². The zero-order chi connectivity index (χ0) is 19.4. The van der Waals surface area contributed by atoms with Crippen LogP contribution in [0.3, 0.4) is 0 Å². The lowest BCUT2D eigenvalue weighted by Crippen LogP contribution is -2.49. The largest absolute Gasteiger partial charge is 0.469 e. The highest BCUT2D eigenvalue weighted by Gasteiger charge is 2.22. The smallest absolute Gasteiger partial charge is 0.306 e. The summed E-state index contributed by atoms with van der Waals surface area (Å²) in [5, 5.41) is 4.47. The molecule has 7 heteroatoms. The predicted octanol–water partition coefficient (Wildman–Crippen LogP) is 1.81. The molecule has 144 valence electrons. The highest BCUT2D eigenvalue weighted by atomic mass is 16.5. The normalized spacial score (nSPS) is 15.0. The minimum Gasteiger partial charge on any atom is -0.469 e. The lowest BCUT2D eigenvalue weighted by Gasteiger charge is -2.34. The first-order valence-corrected chi connectivity index (χ1v) is 9.20. The van der Waals surface area contributed by atoms with Gasteiger partial charge in [0.2, 0.25) is 0 Å². The van der Waals surface area contributed by atoms with Gasteiger partial charge in [0.15, 0.2) is 0 Å². The minimum atomic E-state index is -0.198. The number of benzene rings is 1. The number of hydrogen-bond donors (Lipinski definition) is 0. The van der Waals surface area contributed by atoms with Gasteiger partial charge >= 0.3 is 5.97 Å². The van der Waals surface area contributed by atoms with Gasteiger partial charge in [-0.25, -0.2) is 4.68 Å². The van der Waals surface area contributed by atoms with E-state index in [1.54, 1.807) is 0 Å². The third kappa shape index (κ3) is 4.54. The minimum absolute atomic E-state index is 0.0440. The van der Waals surface area contributed by atoms with Crippen molar-refractivity contribution >= 4 is 11.9 Å². The van der Waals surface area contributed by atoms with Gasteiger partial charge in [0.1, 0.15) is 0 Å². The number of esters is 1. The standard InChI is InChI=1S/C20H26N4O3/c1-15-14-16(2)24(21-15)18-6-4-17(5-7-18)20(26)23-12-10-22(11-13-23)9-8-19(25)27-3/h4-7,14H,8-13H2,1-3H3. The number of methoxy groups -OCH3 is 1. The number of amides is 1. The average molecular weight is 370 g/mol. The monoisotopic (exact) mass is 370 g/mol. The Bertz CT molecular complexity index is 805. The summed E-state index contributed by atoms with van der Waals surface area (Å²) in [5.74, 6) is -0.154. The van der Waals surface area contributed by atoms with E-state index in [1.807, 2.05) is 53.8 Å². The molecule has 1 aromatic heterocycles. The summed E-state index contributed by atoms with van der Waals surface area (Å²) in [6.07, 6.45) is 0.387. The van der Waals surface area contributed by atoms with E-state index >= 15 is 0 Å². The van der Waals surface area contributed by atoms with E-state index in [4.69, 9.17) is 0 Å². The number of hydrogen-bond acceptors (Lipinski definition) is 5. The Balaban J connectivity index is 1.57. The highest BCUT2D eigenvalue weighted by Crippen LogP contribution is 2.15. The van der Waals surface area contributed by atoms with Crippen molar-refractivity contribution in [3.63, 3.8) is 0 Å². The number of nitrogens with zero attached hydrogens (tertiary/aromatic N) is 4. The van der Waals surface area contributed by atoms with Crippen molar-refractivity contribution in [1.82, 2.24) is 19.6 Å². The van der Waals surface area contributed by atoms with Gasteiger partial charge in [-0.1, -0.05) is 0 Å². The van der Waals surface area contributed by atoms with Crippen LogP contribution in [0, 0.1) is 13.8 Å². The Labute approximate surface area is 159 Å². The van der Waals surface area contributed by atoms with Crippen molar-refractivity contribution < 1.29 is 14.3 Å². The molecule has 0 N–H and O–H groups in total. The Hall–Kier alpha value is -2.67. The zero-order valence-electron chi connectivity index (χ0n) is 16.1. The van der Waals surface area contributed by atoms with Gasteiger partial charge in [-0.15, -0.1) is 0 Å². The summed E-state index contributed by atoms with van der Waals surface area (Å²) in [6.45, 7) is 7.52. The van der Waals surface area contributed by atoms with Crippen LogP contribution in [0.4, 0.5) is 0 Å². The van der Waals surface area contributed by atoms with Crippen molar-refractivity contribution in [1.29, 1.82) is 0 Å². The molecule has 7 nitrogen and oxygen atoms in total. The quantitative estimate of drug-likeness (QED) is 0.751. The molecule has 0 spiro atoms. The molecule has 1 aromatic carbocycles. The molecule has 0 unspecified atom stereocenters. The van der Waals surface area contributed by atoms with Crippen LogP contribution < -0.4 is 0 Å². The first-order valence-electron chi connectivity index (χ1n) is 9.20. The molecular formula is C20H26N4O3. The lowest BCUT2D eigenvalue weighted by atomic mass is 10.1. The van der Waals surface area contributed by atoms with Gasteiger partial charge in [-0.05, 0) is 44.2 Å². The van der Waals surface area contributed by atoms with E-state index in [2.05, 4.69) is 14.7 Å². The number of carbonyl (C=O) groups is 2. The molecule has 1 fully saturated rings. The van der Waals surface area contributed by atoms with Gasteiger partial charge in [0, 0.05) is 44.0 Å². The Morgan fingerprint density at radius 2 is 1.74 bits per heavy atom. The lowest BCUT2D eigenvalue weighted by molar-refractivity contribution is -0.141. The van der Waals surface area contributed by atoms with E-state index in [-0.39, 0.29) is 11.9 Å². The predicted molar refractivity (Wildman–Crippen MR) is 102 cm³/mol. The van der Waals surface area contributed by atoms with Crippen LogP contribution in [-0.2, 0) is 9.53 Å². The molecule has 2 heterocycles. The summed E-state index contributed by atoms with van der Waals surface area (Å²) in [4.78, 5) is 28.0. The van der Waals surface area contributed by atoms with Gasteiger partial charge in [-0.3, -0.25) is 14.5 Å². The summed E-state index contributed by atoms with van der Waals surface area (Å²) in [5.41, 5.74) is 3.67. The maximum atomic E-state index is 12.7. The molecule has 2 aromatic rings. The maximum absolute atomic E-state index is 12.7. The number of aryl methyl sites for hydroxylation is 2.